The number of nitrogens with zero attached hydrogens (tertiary/aromatic N) is 1. The first-order valence-electron chi connectivity index (χ1n) is 6.14. The average molecular weight is 324 g/mol. The molecular weight excluding hydrogens is 308 g/mol. The van der Waals surface area contributed by atoms with Gasteiger partial charge in [0.05, 0.1) is 5.69 Å². The predicted molar refractivity (Wildman–Crippen MR) is 91.4 cm³/mol. The van der Waals surface area contributed by atoms with E-state index >= 15 is 0 Å². The van der Waals surface area contributed by atoms with E-state index in [0.717, 1.165) is 23.1 Å². The average Bonchev–Trinajstić information content (AvgIpc) is 2.88. The van der Waals surface area contributed by atoms with E-state index < -0.39 is 0 Å². The maximum atomic E-state index is 5.17. The van der Waals surface area contributed by atoms with Crippen molar-refractivity contribution in [3.8, 4) is 0 Å². The quantitative estimate of drug-likeness (QED) is 0.329. The van der Waals surface area contributed by atoms with Crippen LogP contribution in [-0.4, -0.2) is 22.4 Å². The molecule has 0 fully saturated rings. The summed E-state index contributed by atoms with van der Waals surface area (Å²) in [5, 5.41) is 6.51. The Hall–Kier alpha value is -1.31. The van der Waals surface area contributed by atoms with Crippen molar-refractivity contribution in [1.82, 2.24) is 15.7 Å². The lowest BCUT2D eigenvalue weighted by Crippen LogP contribution is -2.39. The fourth-order valence-corrected chi connectivity index (χ4v) is 3.00. The normalized spacial score (nSPS) is 10.1. The smallest absolute Gasteiger partial charge is 0.201 e. The molecule has 0 unspecified atom stereocenters. The van der Waals surface area contributed by atoms with Gasteiger partial charge in [0.1, 0.15) is 0 Å². The highest BCUT2D eigenvalue weighted by atomic mass is 32.2. The Balaban J connectivity index is 1.58. The Morgan fingerprint density at radius 2 is 2.15 bits per heavy atom. The Kier molecular flexibility index (Phi) is 6.10. The first-order valence-corrected chi connectivity index (χ1v) is 8.41. The standard InChI is InChI=1S/C13H16N4S3/c1-10-9-20-13(15-10)17-16-12(18)14-7-8-19-11-5-3-2-4-6-11/h2-6,9H,7-8H2,1H3,(H,15,17)(H2,14,16,18). The summed E-state index contributed by atoms with van der Waals surface area (Å²) in [6.45, 7) is 2.77. The maximum Gasteiger partial charge on any atom is 0.201 e. The van der Waals surface area contributed by atoms with Crippen LogP contribution in [0.1, 0.15) is 5.69 Å². The number of thiazole rings is 1. The van der Waals surface area contributed by atoms with Gasteiger partial charge < -0.3 is 5.32 Å². The molecule has 0 radical (unpaired) electrons. The van der Waals surface area contributed by atoms with Crippen LogP contribution < -0.4 is 16.2 Å². The van der Waals surface area contributed by atoms with Gasteiger partial charge in [-0.1, -0.05) is 18.2 Å². The monoisotopic (exact) mass is 324 g/mol. The van der Waals surface area contributed by atoms with Crippen molar-refractivity contribution in [2.45, 2.75) is 11.8 Å². The van der Waals surface area contributed by atoms with Gasteiger partial charge in [0.2, 0.25) is 5.13 Å². The Labute approximate surface area is 132 Å². The molecule has 1 aromatic carbocycles. The third-order valence-electron chi connectivity index (χ3n) is 2.30. The maximum absolute atomic E-state index is 5.17. The van der Waals surface area contributed by atoms with E-state index in [9.17, 15) is 0 Å². The van der Waals surface area contributed by atoms with Crippen molar-refractivity contribution in [2.24, 2.45) is 0 Å². The number of rotatable bonds is 6. The van der Waals surface area contributed by atoms with Gasteiger partial charge in [0.15, 0.2) is 5.11 Å². The molecule has 0 aliphatic carbocycles. The van der Waals surface area contributed by atoms with Crippen LogP contribution in [0.5, 0.6) is 0 Å². The highest BCUT2D eigenvalue weighted by Crippen LogP contribution is 2.15. The zero-order valence-electron chi connectivity index (χ0n) is 11.1. The lowest BCUT2D eigenvalue weighted by molar-refractivity contribution is 0.933. The van der Waals surface area contributed by atoms with E-state index in [-0.39, 0.29) is 0 Å². The third-order valence-corrected chi connectivity index (χ3v) is 4.44. The van der Waals surface area contributed by atoms with Gasteiger partial charge in [-0.2, -0.15) is 0 Å². The summed E-state index contributed by atoms with van der Waals surface area (Å²) >= 11 is 8.51. The number of thiocarbonyl (C=S) groups is 1. The number of hydrogen-bond donors (Lipinski definition) is 3. The van der Waals surface area contributed by atoms with Crippen LogP contribution in [0, 0.1) is 6.92 Å². The van der Waals surface area contributed by atoms with Crippen molar-refractivity contribution in [1.29, 1.82) is 0 Å². The number of thioether (sulfide) groups is 1. The summed E-state index contributed by atoms with van der Waals surface area (Å²) in [5.41, 5.74) is 6.89. The second-order valence-corrected chi connectivity index (χ2v) is 6.40. The van der Waals surface area contributed by atoms with Gasteiger partial charge in [-0.05, 0) is 31.3 Å². The minimum absolute atomic E-state index is 0.575. The van der Waals surface area contributed by atoms with Crippen LogP contribution in [0.25, 0.3) is 0 Å². The van der Waals surface area contributed by atoms with E-state index in [1.807, 2.05) is 30.5 Å². The zero-order chi connectivity index (χ0) is 14.2. The van der Waals surface area contributed by atoms with Gasteiger partial charge >= 0.3 is 0 Å². The molecule has 2 aromatic rings. The lowest BCUT2D eigenvalue weighted by Gasteiger charge is -2.10. The number of benzene rings is 1. The summed E-state index contributed by atoms with van der Waals surface area (Å²) in [4.78, 5) is 5.54. The van der Waals surface area contributed by atoms with Crippen molar-refractivity contribution < 1.29 is 0 Å². The van der Waals surface area contributed by atoms with Crippen LogP contribution in [0.3, 0.4) is 0 Å². The minimum Gasteiger partial charge on any atom is -0.361 e. The molecule has 20 heavy (non-hydrogen) atoms. The van der Waals surface area contributed by atoms with E-state index in [2.05, 4.69) is 33.3 Å². The molecule has 2 rings (SSSR count). The van der Waals surface area contributed by atoms with E-state index in [0.29, 0.717) is 5.11 Å². The second kappa shape index (κ2) is 8.08. The van der Waals surface area contributed by atoms with E-state index in [1.54, 1.807) is 23.1 Å². The number of hydrogen-bond acceptors (Lipinski definition) is 5. The zero-order valence-corrected chi connectivity index (χ0v) is 13.5. The van der Waals surface area contributed by atoms with Gasteiger partial charge in [-0.15, -0.1) is 23.1 Å². The molecule has 0 aliphatic rings. The molecule has 0 saturated heterocycles. The molecular formula is C13H16N4S3. The number of aromatic nitrogens is 1. The van der Waals surface area contributed by atoms with Gasteiger partial charge in [-0.25, -0.2) is 4.98 Å². The Morgan fingerprint density at radius 3 is 2.85 bits per heavy atom. The SMILES string of the molecule is Cc1csc(NNC(=S)NCCSc2ccccc2)n1. The predicted octanol–water partition coefficient (Wildman–Crippen LogP) is 3.03. The molecule has 1 aromatic heterocycles. The van der Waals surface area contributed by atoms with Crippen LogP contribution >= 0.6 is 35.3 Å². The van der Waals surface area contributed by atoms with Gasteiger partial charge in [0, 0.05) is 22.6 Å². The number of hydrazine groups is 1. The van der Waals surface area contributed by atoms with Crippen LogP contribution in [0.2, 0.25) is 0 Å². The molecule has 4 nitrogen and oxygen atoms in total. The molecule has 0 aliphatic heterocycles. The van der Waals surface area contributed by atoms with Crippen LogP contribution in [0.15, 0.2) is 40.6 Å². The number of anilines is 1. The topological polar surface area (TPSA) is 49.0 Å². The van der Waals surface area contributed by atoms with E-state index in [4.69, 9.17) is 12.2 Å². The minimum atomic E-state index is 0.575. The van der Waals surface area contributed by atoms with Gasteiger partial charge in [-0.3, -0.25) is 10.9 Å². The van der Waals surface area contributed by atoms with Crippen molar-refractivity contribution >= 4 is 45.6 Å². The largest absolute Gasteiger partial charge is 0.361 e. The Morgan fingerprint density at radius 1 is 1.35 bits per heavy atom. The summed E-state index contributed by atoms with van der Waals surface area (Å²) < 4.78 is 0. The molecule has 1 heterocycles. The molecule has 0 atom stereocenters. The lowest BCUT2D eigenvalue weighted by atomic mass is 10.4. The summed E-state index contributed by atoms with van der Waals surface area (Å²) in [7, 11) is 0. The number of nitrogens with one attached hydrogen (secondary N) is 3. The first kappa shape index (κ1) is 15.1. The molecule has 7 heteroatoms. The molecule has 0 saturated carbocycles. The van der Waals surface area contributed by atoms with Crippen LogP contribution in [0.4, 0.5) is 5.13 Å². The van der Waals surface area contributed by atoms with Crippen molar-refractivity contribution in [2.75, 3.05) is 17.7 Å². The van der Waals surface area contributed by atoms with Gasteiger partial charge in [0.25, 0.3) is 0 Å². The van der Waals surface area contributed by atoms with E-state index in [1.165, 1.54) is 4.90 Å². The first-order chi connectivity index (χ1) is 9.74. The number of aryl methyl sites for hydroxylation is 1. The van der Waals surface area contributed by atoms with Crippen LogP contribution in [-0.2, 0) is 0 Å². The summed E-state index contributed by atoms with van der Waals surface area (Å²) in [5.74, 6) is 0.961. The second-order valence-electron chi connectivity index (χ2n) is 3.96. The molecule has 0 bridgehead atoms. The highest BCUT2D eigenvalue weighted by molar-refractivity contribution is 7.99. The summed E-state index contributed by atoms with van der Waals surface area (Å²) in [6, 6.07) is 10.3. The van der Waals surface area contributed by atoms with Crippen molar-refractivity contribution in [3.05, 3.63) is 41.4 Å². The molecule has 0 amide bonds. The fourth-order valence-electron chi connectivity index (χ4n) is 1.42. The Bertz CT molecular complexity index is 542. The van der Waals surface area contributed by atoms with Crippen molar-refractivity contribution in [3.63, 3.8) is 0 Å². The molecule has 0 spiro atoms. The highest BCUT2D eigenvalue weighted by Gasteiger charge is 1.99. The fraction of sp³-hybridized carbons (Fsp3) is 0.231. The third kappa shape index (κ3) is 5.36. The summed E-state index contributed by atoms with van der Waals surface area (Å²) in [6.07, 6.45) is 0. The molecule has 106 valence electrons. The molecule has 3 N–H and O–H groups in total.